The third kappa shape index (κ3) is 4.39. The highest BCUT2D eigenvalue weighted by Gasteiger charge is 2.45. The van der Waals surface area contributed by atoms with Crippen molar-refractivity contribution in [1.82, 2.24) is 15.2 Å². The van der Waals surface area contributed by atoms with E-state index in [9.17, 15) is 24.0 Å². The molecule has 41 heavy (non-hydrogen) atoms. The minimum Gasteiger partial charge on any atom is -0.481 e. The summed E-state index contributed by atoms with van der Waals surface area (Å²) < 4.78 is 5.40. The van der Waals surface area contributed by atoms with Crippen LogP contribution in [-0.2, 0) is 20.8 Å². The number of imide groups is 2. The van der Waals surface area contributed by atoms with Crippen molar-refractivity contribution in [3.8, 4) is 17.0 Å². The van der Waals surface area contributed by atoms with Crippen molar-refractivity contribution in [3.05, 3.63) is 64.8 Å². The third-order valence-corrected chi connectivity index (χ3v) is 7.75. The number of piperidine rings is 1. The molecule has 4 heterocycles. The van der Waals surface area contributed by atoms with Gasteiger partial charge in [0, 0.05) is 48.6 Å². The molecule has 208 valence electrons. The highest BCUT2D eigenvalue weighted by atomic mass is 16.5. The zero-order valence-electron chi connectivity index (χ0n) is 22.7. The van der Waals surface area contributed by atoms with Crippen LogP contribution in [0.3, 0.4) is 0 Å². The second-order valence-corrected chi connectivity index (χ2v) is 10.3. The topological polar surface area (TPSA) is 138 Å². The average Bonchev–Trinajstić information content (AvgIpc) is 3.20. The Morgan fingerprint density at radius 2 is 1.76 bits per heavy atom. The fourth-order valence-corrected chi connectivity index (χ4v) is 5.69. The van der Waals surface area contributed by atoms with E-state index in [-0.39, 0.29) is 29.9 Å². The highest BCUT2D eigenvalue weighted by Crippen LogP contribution is 2.41. The van der Waals surface area contributed by atoms with Gasteiger partial charge in [0.2, 0.25) is 23.6 Å². The van der Waals surface area contributed by atoms with Gasteiger partial charge in [0.25, 0.3) is 11.8 Å². The van der Waals surface area contributed by atoms with Crippen LogP contribution in [0.2, 0.25) is 0 Å². The summed E-state index contributed by atoms with van der Waals surface area (Å²) in [4.78, 5) is 70.7. The van der Waals surface area contributed by atoms with Crippen molar-refractivity contribution in [2.24, 2.45) is 0 Å². The second-order valence-electron chi connectivity index (χ2n) is 10.3. The lowest BCUT2D eigenvalue weighted by atomic mass is 9.94. The Bertz CT molecular complexity index is 1680. The minimum atomic E-state index is -1.07. The lowest BCUT2D eigenvalue weighted by Gasteiger charge is -2.28. The SMILES string of the molecule is COc1cc(-c2cc3c(cc2Nc2cccc4c2C(=O)N([C@H]2CCC(=O)NC2=O)C4=O)N(C)C(=O)CC3)cc(C)n1. The summed E-state index contributed by atoms with van der Waals surface area (Å²) >= 11 is 0. The number of carbonyl (C=O) groups is 5. The second kappa shape index (κ2) is 9.84. The van der Waals surface area contributed by atoms with Gasteiger partial charge in [-0.1, -0.05) is 6.07 Å². The first-order valence-electron chi connectivity index (χ1n) is 13.2. The Morgan fingerprint density at radius 1 is 0.951 bits per heavy atom. The Kier molecular flexibility index (Phi) is 6.29. The molecular weight excluding hydrogens is 526 g/mol. The predicted molar refractivity (Wildman–Crippen MR) is 149 cm³/mol. The number of nitrogens with zero attached hydrogens (tertiary/aromatic N) is 3. The fourth-order valence-electron chi connectivity index (χ4n) is 5.69. The van der Waals surface area contributed by atoms with Crippen LogP contribution in [0.4, 0.5) is 17.1 Å². The van der Waals surface area contributed by atoms with Gasteiger partial charge in [-0.15, -0.1) is 0 Å². The molecule has 0 spiro atoms. The van der Waals surface area contributed by atoms with Gasteiger partial charge in [-0.3, -0.25) is 34.2 Å². The van der Waals surface area contributed by atoms with Gasteiger partial charge in [-0.05, 0) is 61.2 Å². The molecule has 2 N–H and O–H groups in total. The first-order chi connectivity index (χ1) is 19.7. The molecular formula is C30H27N5O6. The fraction of sp³-hybridized carbons (Fsp3) is 0.267. The van der Waals surface area contributed by atoms with Gasteiger partial charge in [-0.2, -0.15) is 0 Å². The summed E-state index contributed by atoms with van der Waals surface area (Å²) in [6, 6.07) is 11.4. The number of methoxy groups -OCH3 is 1. The number of pyridine rings is 1. The molecule has 11 heteroatoms. The number of hydrogen-bond donors (Lipinski definition) is 2. The van der Waals surface area contributed by atoms with Crippen molar-refractivity contribution in [2.75, 3.05) is 24.4 Å². The van der Waals surface area contributed by atoms with E-state index < -0.39 is 29.7 Å². The maximum absolute atomic E-state index is 13.7. The normalized spacial score (nSPS) is 18.3. The number of aryl methyl sites for hydroxylation is 2. The summed E-state index contributed by atoms with van der Waals surface area (Å²) in [5.74, 6) is -1.87. The molecule has 3 aliphatic rings. The molecule has 1 atom stereocenters. The number of ether oxygens (including phenoxy) is 1. The summed E-state index contributed by atoms with van der Waals surface area (Å²) in [7, 11) is 3.27. The molecule has 0 radical (unpaired) electrons. The number of rotatable bonds is 5. The number of anilines is 3. The van der Waals surface area contributed by atoms with Gasteiger partial charge in [-0.25, -0.2) is 4.98 Å². The maximum Gasteiger partial charge on any atom is 0.264 e. The smallest absolute Gasteiger partial charge is 0.264 e. The molecule has 0 unspecified atom stereocenters. The molecule has 0 aliphatic carbocycles. The number of benzene rings is 2. The number of hydrogen-bond acceptors (Lipinski definition) is 8. The average molecular weight is 554 g/mol. The lowest BCUT2D eigenvalue weighted by Crippen LogP contribution is -2.54. The maximum atomic E-state index is 13.7. The Balaban J connectivity index is 1.45. The van der Waals surface area contributed by atoms with E-state index in [1.165, 1.54) is 0 Å². The van der Waals surface area contributed by atoms with Crippen LogP contribution in [-0.4, -0.2) is 59.6 Å². The molecule has 2 aromatic carbocycles. The van der Waals surface area contributed by atoms with Crippen molar-refractivity contribution in [3.63, 3.8) is 0 Å². The molecule has 11 nitrogen and oxygen atoms in total. The zero-order chi connectivity index (χ0) is 29.0. The van der Waals surface area contributed by atoms with Crippen LogP contribution in [0, 0.1) is 6.92 Å². The van der Waals surface area contributed by atoms with E-state index in [4.69, 9.17) is 4.74 Å². The zero-order valence-corrected chi connectivity index (χ0v) is 22.7. The Labute approximate surface area is 235 Å². The Hall–Kier alpha value is -5.06. The monoisotopic (exact) mass is 553 g/mol. The van der Waals surface area contributed by atoms with E-state index in [0.717, 1.165) is 33.0 Å². The molecule has 1 aromatic heterocycles. The molecule has 6 rings (SSSR count). The molecule has 1 saturated heterocycles. The summed E-state index contributed by atoms with van der Waals surface area (Å²) in [5.41, 5.74) is 5.38. The summed E-state index contributed by atoms with van der Waals surface area (Å²) in [6.07, 6.45) is 1.08. The molecule has 5 amide bonds. The van der Waals surface area contributed by atoms with Crippen molar-refractivity contribution in [1.29, 1.82) is 0 Å². The summed E-state index contributed by atoms with van der Waals surface area (Å²) in [5, 5.41) is 5.57. The molecule has 0 bridgehead atoms. The molecule has 1 fully saturated rings. The van der Waals surface area contributed by atoms with Crippen LogP contribution in [0.15, 0.2) is 42.5 Å². The van der Waals surface area contributed by atoms with Crippen LogP contribution in [0.5, 0.6) is 5.88 Å². The van der Waals surface area contributed by atoms with E-state index in [0.29, 0.717) is 30.1 Å². The van der Waals surface area contributed by atoms with Crippen LogP contribution >= 0.6 is 0 Å². The highest BCUT2D eigenvalue weighted by molar-refractivity contribution is 6.25. The van der Waals surface area contributed by atoms with Gasteiger partial charge < -0.3 is 15.0 Å². The first kappa shape index (κ1) is 26.2. The predicted octanol–water partition coefficient (Wildman–Crippen LogP) is 3.12. The number of aromatic nitrogens is 1. The minimum absolute atomic E-state index is 0.00103. The largest absolute Gasteiger partial charge is 0.481 e. The van der Waals surface area contributed by atoms with Gasteiger partial charge in [0.05, 0.1) is 23.9 Å². The van der Waals surface area contributed by atoms with E-state index >= 15 is 0 Å². The number of nitrogens with one attached hydrogen (secondary N) is 2. The van der Waals surface area contributed by atoms with Crippen LogP contribution < -0.4 is 20.3 Å². The molecule has 3 aromatic rings. The van der Waals surface area contributed by atoms with E-state index in [2.05, 4.69) is 15.6 Å². The third-order valence-electron chi connectivity index (χ3n) is 7.75. The van der Waals surface area contributed by atoms with E-state index in [1.54, 1.807) is 37.3 Å². The van der Waals surface area contributed by atoms with E-state index in [1.807, 2.05) is 31.2 Å². The summed E-state index contributed by atoms with van der Waals surface area (Å²) in [6.45, 7) is 1.86. The van der Waals surface area contributed by atoms with Crippen LogP contribution in [0.25, 0.3) is 11.1 Å². The van der Waals surface area contributed by atoms with Crippen molar-refractivity contribution >= 4 is 46.6 Å². The number of fused-ring (bicyclic) bond motifs is 2. The molecule has 0 saturated carbocycles. The standard InChI is InChI=1S/C30H27N5O6/c1-15-11-17(13-25(31-15)41-3)19-12-16-7-10-26(37)34(2)23(16)14-21(19)32-20-6-4-5-18-27(20)30(40)35(29(18)39)22-8-9-24(36)33-28(22)38/h4-6,11-14,22,32H,7-10H2,1-3H3,(H,33,36,38)/t22-/m0/s1. The van der Waals surface area contributed by atoms with Crippen molar-refractivity contribution in [2.45, 2.75) is 38.6 Å². The van der Waals surface area contributed by atoms with Gasteiger partial charge >= 0.3 is 0 Å². The number of amides is 5. The molecule has 3 aliphatic heterocycles. The lowest BCUT2D eigenvalue weighted by molar-refractivity contribution is -0.136. The number of carbonyl (C=O) groups excluding carboxylic acids is 5. The van der Waals surface area contributed by atoms with Gasteiger partial charge in [0.15, 0.2) is 0 Å². The quantitative estimate of drug-likeness (QED) is 0.460. The first-order valence-corrected chi connectivity index (χ1v) is 13.2. The van der Waals surface area contributed by atoms with Gasteiger partial charge in [0.1, 0.15) is 6.04 Å². The van der Waals surface area contributed by atoms with Crippen LogP contribution in [0.1, 0.15) is 51.2 Å². The van der Waals surface area contributed by atoms with Crippen molar-refractivity contribution < 1.29 is 28.7 Å². The Morgan fingerprint density at radius 3 is 2.51 bits per heavy atom.